The highest BCUT2D eigenvalue weighted by Crippen LogP contribution is 2.36. The fourth-order valence-electron chi connectivity index (χ4n) is 4.67. The summed E-state index contributed by atoms with van der Waals surface area (Å²) in [6, 6.07) is 10.8. The lowest BCUT2D eigenvalue weighted by Crippen LogP contribution is -2.58. The summed E-state index contributed by atoms with van der Waals surface area (Å²) in [5.41, 5.74) is 2.00. The summed E-state index contributed by atoms with van der Waals surface area (Å²) in [6.07, 6.45) is 2.13. The molecule has 2 amide bonds. The van der Waals surface area contributed by atoms with Crippen molar-refractivity contribution in [3.63, 3.8) is 0 Å². The number of nitrogens with one attached hydrogen (secondary N) is 1. The molecule has 1 heterocycles. The van der Waals surface area contributed by atoms with Crippen molar-refractivity contribution in [2.75, 3.05) is 40.3 Å². The Morgan fingerprint density at radius 1 is 1.20 bits per heavy atom. The lowest BCUT2D eigenvalue weighted by atomic mass is 9.74. The fourth-order valence-corrected chi connectivity index (χ4v) is 4.67. The van der Waals surface area contributed by atoms with E-state index in [1.54, 1.807) is 0 Å². The number of fused-ring (bicyclic) bond motifs is 1. The van der Waals surface area contributed by atoms with Crippen molar-refractivity contribution in [3.8, 4) is 0 Å². The molecule has 3 atom stereocenters. The minimum Gasteiger partial charge on any atom is -0.334 e. The van der Waals surface area contributed by atoms with Gasteiger partial charge in [0.2, 0.25) is 0 Å². The number of benzene rings is 1. The molecule has 1 saturated carbocycles. The Labute approximate surface area is 180 Å². The normalized spacial score (nSPS) is 24.6. The third kappa shape index (κ3) is 5.70. The van der Waals surface area contributed by atoms with Crippen molar-refractivity contribution < 1.29 is 9.59 Å². The average molecular weight is 413 g/mol. The van der Waals surface area contributed by atoms with Crippen LogP contribution in [0.5, 0.6) is 0 Å². The van der Waals surface area contributed by atoms with Gasteiger partial charge in [-0.15, -0.1) is 0 Å². The predicted octanol–water partition coefficient (Wildman–Crippen LogP) is 2.76. The minimum atomic E-state index is -0.00555. The molecule has 3 rings (SSSR count). The van der Waals surface area contributed by atoms with Gasteiger partial charge < -0.3 is 15.1 Å². The summed E-state index contributed by atoms with van der Waals surface area (Å²) in [5.74, 6) is 0.451. The van der Waals surface area contributed by atoms with Gasteiger partial charge in [-0.2, -0.15) is 0 Å². The quantitative estimate of drug-likeness (QED) is 0.700. The van der Waals surface area contributed by atoms with Crippen molar-refractivity contribution in [2.45, 2.75) is 44.8 Å². The molecule has 0 radical (unpaired) electrons. The van der Waals surface area contributed by atoms with Crippen LogP contribution in [0, 0.1) is 5.92 Å². The van der Waals surface area contributed by atoms with Gasteiger partial charge in [0.05, 0.1) is 0 Å². The Hall–Kier alpha value is -2.18. The number of carbonyl (C=O) groups is 2. The topological polar surface area (TPSA) is 55.9 Å². The Morgan fingerprint density at radius 2 is 1.93 bits per heavy atom. The SMILES string of the molecule is C=C1C[C@@H]2[C@@H](CC1=O)C[C@H](NC(=O)N(CC)CCN(C)C)CN2Cc1ccccc1. The first-order chi connectivity index (χ1) is 14.4. The monoisotopic (exact) mass is 412 g/mol. The number of Topliss-reactive ketones (excluding diaryl/α,β-unsaturated/α-hetero) is 1. The van der Waals surface area contributed by atoms with Crippen LogP contribution < -0.4 is 5.32 Å². The summed E-state index contributed by atoms with van der Waals surface area (Å²) in [5, 5.41) is 3.26. The molecule has 0 spiro atoms. The molecule has 2 fully saturated rings. The Balaban J connectivity index is 1.70. The maximum atomic E-state index is 12.9. The standard InChI is InChI=1S/C24H36N4O2/c1-5-27(12-11-26(3)4)24(30)25-21-14-20-15-23(29)18(2)13-22(20)28(17-21)16-19-9-7-6-8-10-19/h6-10,20-22H,2,5,11-17H2,1,3-4H3,(H,25,30)/t20-,21+,22-/m1/s1. The molecular formula is C24H36N4O2. The fraction of sp³-hybridized carbons (Fsp3) is 0.583. The maximum Gasteiger partial charge on any atom is 0.317 e. The van der Waals surface area contributed by atoms with Crippen LogP contribution in [0.15, 0.2) is 42.5 Å². The number of hydrogen-bond donors (Lipinski definition) is 1. The molecule has 1 aromatic rings. The molecule has 2 aliphatic rings. The predicted molar refractivity (Wildman–Crippen MR) is 120 cm³/mol. The number of likely N-dealkylation sites (N-methyl/N-ethyl adjacent to an activating group) is 2. The van der Waals surface area contributed by atoms with E-state index in [0.717, 1.165) is 38.0 Å². The van der Waals surface area contributed by atoms with Gasteiger partial charge in [0.25, 0.3) is 0 Å². The first-order valence-electron chi connectivity index (χ1n) is 11.1. The Kier molecular flexibility index (Phi) is 7.67. The summed E-state index contributed by atoms with van der Waals surface area (Å²) in [7, 11) is 4.03. The highest BCUT2D eigenvalue weighted by atomic mass is 16.2. The number of hydrogen-bond acceptors (Lipinski definition) is 4. The molecule has 1 saturated heterocycles. The summed E-state index contributed by atoms with van der Waals surface area (Å²) in [6.45, 7) is 9.88. The van der Waals surface area contributed by atoms with Crippen LogP contribution in [0.25, 0.3) is 0 Å². The van der Waals surface area contributed by atoms with E-state index in [2.05, 4.69) is 46.0 Å². The van der Waals surface area contributed by atoms with Crippen LogP contribution in [-0.4, -0.2) is 78.9 Å². The van der Waals surface area contributed by atoms with Gasteiger partial charge in [0.1, 0.15) is 0 Å². The van der Waals surface area contributed by atoms with Gasteiger partial charge in [-0.25, -0.2) is 4.79 Å². The van der Waals surface area contributed by atoms with Crippen LogP contribution in [-0.2, 0) is 11.3 Å². The number of rotatable bonds is 7. The number of nitrogens with zero attached hydrogens (tertiary/aromatic N) is 3. The molecule has 1 N–H and O–H groups in total. The van der Waals surface area contributed by atoms with Gasteiger partial charge in [0.15, 0.2) is 5.78 Å². The maximum absolute atomic E-state index is 12.9. The van der Waals surface area contributed by atoms with E-state index in [0.29, 0.717) is 25.6 Å². The van der Waals surface area contributed by atoms with E-state index in [9.17, 15) is 9.59 Å². The van der Waals surface area contributed by atoms with Gasteiger partial charge in [-0.05, 0) is 50.9 Å². The first kappa shape index (κ1) is 22.5. The zero-order valence-electron chi connectivity index (χ0n) is 18.6. The van der Waals surface area contributed by atoms with Crippen molar-refractivity contribution in [1.29, 1.82) is 0 Å². The van der Waals surface area contributed by atoms with Crippen LogP contribution in [0.1, 0.15) is 31.7 Å². The molecule has 30 heavy (non-hydrogen) atoms. The number of piperidine rings is 1. The van der Waals surface area contributed by atoms with Gasteiger partial charge in [0, 0.05) is 51.2 Å². The lowest BCUT2D eigenvalue weighted by Gasteiger charge is -2.47. The zero-order valence-corrected chi connectivity index (χ0v) is 18.6. The lowest BCUT2D eigenvalue weighted by molar-refractivity contribution is -0.119. The second kappa shape index (κ2) is 10.2. The third-order valence-corrected chi connectivity index (χ3v) is 6.39. The zero-order chi connectivity index (χ0) is 21.7. The van der Waals surface area contributed by atoms with Gasteiger partial charge in [-0.1, -0.05) is 36.9 Å². The molecule has 0 unspecified atom stereocenters. The summed E-state index contributed by atoms with van der Waals surface area (Å²) < 4.78 is 0. The third-order valence-electron chi connectivity index (χ3n) is 6.39. The minimum absolute atomic E-state index is 0.00555. The van der Waals surface area contributed by atoms with Crippen molar-refractivity contribution in [3.05, 3.63) is 48.0 Å². The second-order valence-electron chi connectivity index (χ2n) is 8.94. The number of likely N-dealkylation sites (tertiary alicyclic amines) is 1. The summed E-state index contributed by atoms with van der Waals surface area (Å²) in [4.78, 5) is 31.6. The van der Waals surface area contributed by atoms with E-state index in [4.69, 9.17) is 0 Å². The smallest absolute Gasteiger partial charge is 0.317 e. The van der Waals surface area contributed by atoms with E-state index in [1.165, 1.54) is 5.56 Å². The first-order valence-corrected chi connectivity index (χ1v) is 11.1. The molecule has 0 aromatic heterocycles. The van der Waals surface area contributed by atoms with E-state index in [1.807, 2.05) is 32.0 Å². The highest BCUT2D eigenvalue weighted by molar-refractivity contribution is 5.95. The van der Waals surface area contributed by atoms with E-state index in [-0.39, 0.29) is 23.8 Å². The van der Waals surface area contributed by atoms with Crippen LogP contribution >= 0.6 is 0 Å². The summed E-state index contributed by atoms with van der Waals surface area (Å²) >= 11 is 0. The second-order valence-corrected chi connectivity index (χ2v) is 8.94. The Morgan fingerprint density at radius 3 is 2.60 bits per heavy atom. The average Bonchev–Trinajstić information content (AvgIpc) is 2.70. The largest absolute Gasteiger partial charge is 0.334 e. The number of urea groups is 1. The van der Waals surface area contributed by atoms with Crippen molar-refractivity contribution >= 4 is 11.8 Å². The van der Waals surface area contributed by atoms with Crippen LogP contribution in [0.2, 0.25) is 0 Å². The molecule has 1 aromatic carbocycles. The molecule has 164 valence electrons. The van der Waals surface area contributed by atoms with Crippen LogP contribution in [0.4, 0.5) is 4.79 Å². The van der Waals surface area contributed by atoms with Crippen molar-refractivity contribution in [2.24, 2.45) is 5.92 Å². The van der Waals surface area contributed by atoms with Gasteiger partial charge in [-0.3, -0.25) is 9.69 Å². The molecule has 1 aliphatic carbocycles. The molecular weight excluding hydrogens is 376 g/mol. The molecule has 6 nitrogen and oxygen atoms in total. The number of carbonyl (C=O) groups excluding carboxylic acids is 2. The van der Waals surface area contributed by atoms with E-state index >= 15 is 0 Å². The number of ketones is 1. The molecule has 1 aliphatic heterocycles. The molecule has 0 bridgehead atoms. The Bertz CT molecular complexity index is 749. The van der Waals surface area contributed by atoms with Gasteiger partial charge >= 0.3 is 6.03 Å². The van der Waals surface area contributed by atoms with Crippen molar-refractivity contribution in [1.82, 2.24) is 20.0 Å². The van der Waals surface area contributed by atoms with Crippen LogP contribution in [0.3, 0.4) is 0 Å². The van der Waals surface area contributed by atoms with E-state index < -0.39 is 0 Å². The number of amides is 2. The highest BCUT2D eigenvalue weighted by Gasteiger charge is 2.41. The molecule has 6 heteroatoms.